The maximum absolute atomic E-state index is 12.0. The maximum atomic E-state index is 12.0. The van der Waals surface area contributed by atoms with Gasteiger partial charge in [0.05, 0.1) is 31.2 Å². The molecule has 0 atom stereocenters. The van der Waals surface area contributed by atoms with Crippen molar-refractivity contribution in [2.75, 3.05) is 106 Å². The van der Waals surface area contributed by atoms with E-state index in [0.717, 1.165) is 183 Å². The maximum Gasteiger partial charge on any atom is 0.270 e. The van der Waals surface area contributed by atoms with E-state index < -0.39 is 4.92 Å². The number of aryl methyl sites for hydroxylation is 6. The Kier molecular flexibility index (Phi) is 26.4. The Morgan fingerprint density at radius 1 is 0.426 bits per heavy atom. The second-order valence-corrected chi connectivity index (χ2v) is 25.8. The first-order valence-corrected chi connectivity index (χ1v) is 33.7. The number of nitrogens with one attached hydrogen (secondary N) is 1. The van der Waals surface area contributed by atoms with Gasteiger partial charge < -0.3 is 39.0 Å². The van der Waals surface area contributed by atoms with Crippen LogP contribution in [0.25, 0.3) is 33.4 Å². The van der Waals surface area contributed by atoms with Crippen LogP contribution in [0.4, 0.5) is 17.1 Å². The summed E-state index contributed by atoms with van der Waals surface area (Å²) in [6.45, 7) is 21.7. The van der Waals surface area contributed by atoms with Crippen LogP contribution in [-0.4, -0.2) is 154 Å². The number of benzene rings is 6. The molecule has 3 aromatic heterocycles. The van der Waals surface area contributed by atoms with Crippen molar-refractivity contribution in [3.8, 4) is 50.6 Å². The Balaban J connectivity index is 0.000000166. The van der Waals surface area contributed by atoms with Crippen molar-refractivity contribution >= 4 is 23.3 Å². The molecule has 23 nitrogen and oxygen atoms in total. The van der Waals surface area contributed by atoms with Gasteiger partial charge in [-0.3, -0.25) is 63.9 Å². The molecule has 530 valence electrons. The standard InChI is InChI=1S/C26H30N4O4.C26H32N4O2.C19H25N3O2.C7H5NO3/c1-19-13-23(17-27(2)26(19)31)21-7-8-22(25(15-21)34-3)18-29-11-9-28(10-12-29)16-20-5-4-6-24(14-20)30(32)33;1-19-13-23(17-28(2)26(19)31)21-7-8-22(25(15-21)32-3)18-30-11-9-29(10-12-30)16-20-5-4-6-24(27)14-20;1-14-10-17(12-21(2)19(14)23)15-4-5-16(18(11-15)24-3)13-22-8-6-20-7-9-22;9-5-6-2-1-3-7(4-6)8(10)11/h4-8,13-15,17H,9-12,16,18H2,1-3H3;4-8,13-15,17H,9-12,16,18,27H2,1-3H3;4-5,10-12,20H,6-9,13H2,1-3H3;1-5H. The number of nitro groups is 2. The quantitative estimate of drug-likeness (QED) is 0.0330. The van der Waals surface area contributed by atoms with Crippen LogP contribution in [0, 0.1) is 41.0 Å². The summed E-state index contributed by atoms with van der Waals surface area (Å²) < 4.78 is 21.9. The number of carbonyl (C=O) groups is 1. The van der Waals surface area contributed by atoms with Crippen LogP contribution in [0.15, 0.2) is 179 Å². The number of nitrogen functional groups attached to an aromatic ring is 1. The van der Waals surface area contributed by atoms with Crippen molar-refractivity contribution in [2.24, 2.45) is 21.1 Å². The normalized spacial score (nSPS) is 14.4. The molecule has 3 aliphatic rings. The molecule has 0 aliphatic carbocycles. The zero-order chi connectivity index (χ0) is 72.3. The van der Waals surface area contributed by atoms with Crippen molar-refractivity contribution in [3.05, 3.63) is 266 Å². The number of ether oxygens (including phenoxy) is 3. The number of rotatable bonds is 19. The third-order valence-electron chi connectivity index (χ3n) is 18.4. The number of hydrogen-bond acceptors (Lipinski definition) is 18. The van der Waals surface area contributed by atoms with Gasteiger partial charge in [-0.15, -0.1) is 0 Å². The average Bonchev–Trinajstić information content (AvgIpc) is 0.820. The van der Waals surface area contributed by atoms with Crippen molar-refractivity contribution in [1.29, 1.82) is 0 Å². The van der Waals surface area contributed by atoms with E-state index in [9.17, 15) is 39.4 Å². The molecule has 0 amide bonds. The van der Waals surface area contributed by atoms with Crippen LogP contribution < -0.4 is 41.9 Å². The average molecular weight is 1370 g/mol. The van der Waals surface area contributed by atoms with Gasteiger partial charge in [0.2, 0.25) is 0 Å². The number of nitro benzene ring substituents is 2. The minimum absolute atomic E-state index is 0.0111. The van der Waals surface area contributed by atoms with E-state index in [0.29, 0.717) is 24.0 Å². The van der Waals surface area contributed by atoms with Gasteiger partial charge >= 0.3 is 0 Å². The number of hydrogen-bond donors (Lipinski definition) is 2. The van der Waals surface area contributed by atoms with E-state index in [1.807, 2.05) is 81.8 Å². The molecule has 9 aromatic rings. The summed E-state index contributed by atoms with van der Waals surface area (Å²) >= 11 is 0. The van der Waals surface area contributed by atoms with Gasteiger partial charge in [-0.2, -0.15) is 0 Å². The molecule has 12 rings (SSSR count). The first kappa shape index (κ1) is 74.8. The van der Waals surface area contributed by atoms with Crippen LogP contribution in [0.1, 0.15) is 54.9 Å². The first-order chi connectivity index (χ1) is 48.6. The van der Waals surface area contributed by atoms with Gasteiger partial charge in [-0.05, 0) is 114 Å². The van der Waals surface area contributed by atoms with Gasteiger partial charge in [0.25, 0.3) is 28.1 Å². The van der Waals surface area contributed by atoms with Crippen LogP contribution >= 0.6 is 0 Å². The van der Waals surface area contributed by atoms with Crippen molar-refractivity contribution < 1.29 is 28.9 Å². The zero-order valence-electron chi connectivity index (χ0n) is 59.2. The number of nitrogens with two attached hydrogens (primary N) is 1. The number of methoxy groups -OCH3 is 3. The lowest BCUT2D eigenvalue weighted by Crippen LogP contribution is -2.45. The number of nitrogens with zero attached hydrogens (tertiary/aromatic N) is 10. The predicted molar refractivity (Wildman–Crippen MR) is 397 cm³/mol. The molecule has 3 aliphatic heterocycles. The lowest BCUT2D eigenvalue weighted by molar-refractivity contribution is -0.385. The summed E-state index contributed by atoms with van der Waals surface area (Å²) in [6, 6.07) is 45.2. The molecule has 23 heteroatoms. The molecule has 6 aromatic carbocycles. The van der Waals surface area contributed by atoms with Gasteiger partial charge in [-0.1, -0.05) is 72.8 Å². The molecule has 0 bridgehead atoms. The summed E-state index contributed by atoms with van der Waals surface area (Å²) in [7, 11) is 10.5. The van der Waals surface area contributed by atoms with E-state index >= 15 is 0 Å². The number of aldehydes is 1. The van der Waals surface area contributed by atoms with E-state index in [2.05, 4.69) is 90.5 Å². The Morgan fingerprint density at radius 3 is 1.11 bits per heavy atom. The number of anilines is 1. The third-order valence-corrected chi connectivity index (χ3v) is 18.4. The Hall–Kier alpha value is -10.4. The molecule has 6 heterocycles. The second kappa shape index (κ2) is 35.6. The van der Waals surface area contributed by atoms with Gasteiger partial charge in [0.1, 0.15) is 23.5 Å². The number of aromatic nitrogens is 3. The lowest BCUT2D eigenvalue weighted by atomic mass is 10.0. The summed E-state index contributed by atoms with van der Waals surface area (Å²) in [5.41, 5.74) is 21.3. The highest BCUT2D eigenvalue weighted by atomic mass is 16.6. The van der Waals surface area contributed by atoms with Crippen LogP contribution in [0.3, 0.4) is 0 Å². The third kappa shape index (κ3) is 20.6. The highest BCUT2D eigenvalue weighted by Crippen LogP contribution is 2.32. The first-order valence-electron chi connectivity index (χ1n) is 33.7. The highest BCUT2D eigenvalue weighted by molar-refractivity contribution is 5.76. The number of pyridine rings is 3. The smallest absolute Gasteiger partial charge is 0.270 e. The number of non-ortho nitro benzene ring substituents is 2. The molecular weight excluding hydrogens is 1280 g/mol. The van der Waals surface area contributed by atoms with Crippen LogP contribution in [0.2, 0.25) is 0 Å². The molecular formula is C78H92N12O11. The Morgan fingerprint density at radius 2 is 0.762 bits per heavy atom. The van der Waals surface area contributed by atoms with Gasteiger partial charge in [0, 0.05) is 220 Å². The molecule has 3 N–H and O–H groups in total. The number of carbonyl (C=O) groups excluding carboxylic acids is 1. The summed E-state index contributed by atoms with van der Waals surface area (Å²) in [5.74, 6) is 2.62. The topological polar surface area (TPSA) is 251 Å². The SMILES string of the molecule is COc1cc(-c2cc(C)c(=O)n(C)c2)ccc1CN1CCN(Cc2cccc(N)c2)CC1.COc1cc(-c2cc(C)c(=O)n(C)c2)ccc1CN1CCN(Cc2cccc([N+](=O)[O-])c2)CC1.COc1cc(-c2cc(C)c(=O)n(C)c2)ccc1CN1CCNCC1.O=Cc1cccc([N+](=O)[O-])c1. The Bertz CT molecular complexity index is 4470. The zero-order valence-corrected chi connectivity index (χ0v) is 59.2. The van der Waals surface area contributed by atoms with Crippen molar-refractivity contribution in [1.82, 2.24) is 43.5 Å². The highest BCUT2D eigenvalue weighted by Gasteiger charge is 2.23. The molecule has 3 saturated heterocycles. The molecule has 0 radical (unpaired) electrons. The van der Waals surface area contributed by atoms with Crippen LogP contribution in [-0.2, 0) is 53.9 Å². The van der Waals surface area contributed by atoms with Gasteiger partial charge in [-0.25, -0.2) is 0 Å². The van der Waals surface area contributed by atoms with Crippen molar-refractivity contribution in [3.63, 3.8) is 0 Å². The lowest BCUT2D eigenvalue weighted by Gasteiger charge is -2.35. The monoisotopic (exact) mass is 1370 g/mol. The minimum atomic E-state index is -0.535. The largest absolute Gasteiger partial charge is 0.496 e. The van der Waals surface area contributed by atoms with E-state index in [-0.39, 0.29) is 33.0 Å². The predicted octanol–water partition coefficient (Wildman–Crippen LogP) is 10.0. The molecule has 3 fully saturated rings. The Labute approximate surface area is 589 Å². The number of piperazine rings is 3. The summed E-state index contributed by atoms with van der Waals surface area (Å²) in [5, 5.41) is 24.6. The van der Waals surface area contributed by atoms with Crippen molar-refractivity contribution in [2.45, 2.75) is 53.5 Å². The fourth-order valence-electron chi connectivity index (χ4n) is 12.8. The fourth-order valence-corrected chi connectivity index (χ4v) is 12.8. The minimum Gasteiger partial charge on any atom is -0.496 e. The molecule has 0 unspecified atom stereocenters. The van der Waals surface area contributed by atoms with Gasteiger partial charge in [0.15, 0.2) is 0 Å². The second-order valence-electron chi connectivity index (χ2n) is 25.8. The van der Waals surface area contributed by atoms with E-state index in [1.165, 1.54) is 47.0 Å². The molecule has 0 spiro atoms. The molecule has 101 heavy (non-hydrogen) atoms. The molecule has 0 saturated carbocycles. The van der Waals surface area contributed by atoms with Crippen LogP contribution in [0.5, 0.6) is 17.2 Å². The fraction of sp³-hybridized carbons (Fsp3) is 0.333. The van der Waals surface area contributed by atoms with E-state index in [1.54, 1.807) is 68.3 Å². The van der Waals surface area contributed by atoms with E-state index in [4.69, 9.17) is 19.9 Å². The summed E-state index contributed by atoms with van der Waals surface area (Å²) in [4.78, 5) is 78.5. The summed E-state index contributed by atoms with van der Waals surface area (Å²) in [6.07, 6.45) is 6.18.